The molecule has 0 aliphatic heterocycles. The zero-order valence-corrected chi connectivity index (χ0v) is 9.58. The first-order valence-corrected chi connectivity index (χ1v) is 6.10. The van der Waals surface area contributed by atoms with Crippen molar-refractivity contribution < 1.29 is 0 Å². The third kappa shape index (κ3) is 3.34. The minimum atomic E-state index is 0.944. The molecule has 0 saturated heterocycles. The molecule has 0 radical (unpaired) electrons. The molecule has 3 nitrogen and oxygen atoms in total. The maximum absolute atomic E-state index is 4.21. The molecule has 0 atom stereocenters. The van der Waals surface area contributed by atoms with Gasteiger partial charge in [0.1, 0.15) is 0 Å². The predicted molar refractivity (Wildman–Crippen MR) is 61.6 cm³/mol. The lowest BCUT2D eigenvalue weighted by atomic mass is 10.2. The maximum atomic E-state index is 4.21. The van der Waals surface area contributed by atoms with E-state index in [0.717, 1.165) is 25.6 Å². The third-order valence-corrected chi connectivity index (χ3v) is 3.06. The van der Waals surface area contributed by atoms with Gasteiger partial charge in [-0.1, -0.05) is 19.8 Å². The second-order valence-electron chi connectivity index (χ2n) is 4.44. The molecule has 0 amide bonds. The second-order valence-corrected chi connectivity index (χ2v) is 4.44. The van der Waals surface area contributed by atoms with Crippen LogP contribution in [0.25, 0.3) is 0 Å². The van der Waals surface area contributed by atoms with E-state index in [1.165, 1.54) is 31.4 Å². The van der Waals surface area contributed by atoms with Gasteiger partial charge in [-0.3, -0.25) is 0 Å². The lowest BCUT2D eigenvalue weighted by Gasteiger charge is -2.07. The molecule has 3 heteroatoms. The molecule has 84 valence electrons. The highest BCUT2D eigenvalue weighted by atomic mass is 15.1. The van der Waals surface area contributed by atoms with Crippen molar-refractivity contribution in [2.45, 2.75) is 45.7 Å². The van der Waals surface area contributed by atoms with Crippen molar-refractivity contribution in [1.82, 2.24) is 14.9 Å². The molecule has 15 heavy (non-hydrogen) atoms. The topological polar surface area (TPSA) is 29.9 Å². The molecule has 1 heterocycles. The number of nitrogens with zero attached hydrogens (tertiary/aromatic N) is 2. The van der Waals surface area contributed by atoms with Crippen LogP contribution in [0.1, 0.15) is 38.3 Å². The summed E-state index contributed by atoms with van der Waals surface area (Å²) in [4.78, 5) is 4.21. The summed E-state index contributed by atoms with van der Waals surface area (Å²) in [5, 5.41) is 3.34. The molecule has 1 N–H and O–H groups in total. The first-order chi connectivity index (χ1) is 7.40. The van der Waals surface area contributed by atoms with Gasteiger partial charge in [0.2, 0.25) is 0 Å². The van der Waals surface area contributed by atoms with Crippen LogP contribution in [0.5, 0.6) is 0 Å². The number of nitrogens with one attached hydrogen (secondary N) is 1. The first kappa shape index (κ1) is 10.7. The van der Waals surface area contributed by atoms with Crippen LogP contribution in [0.2, 0.25) is 0 Å². The van der Waals surface area contributed by atoms with Gasteiger partial charge in [0, 0.05) is 19.3 Å². The van der Waals surface area contributed by atoms with Crippen LogP contribution in [-0.2, 0) is 13.1 Å². The molecule has 0 aromatic carbocycles. The summed E-state index contributed by atoms with van der Waals surface area (Å²) < 4.78 is 2.28. The Morgan fingerprint density at radius 3 is 3.13 bits per heavy atom. The number of imidazole rings is 1. The van der Waals surface area contributed by atoms with E-state index in [9.17, 15) is 0 Å². The monoisotopic (exact) mass is 207 g/mol. The van der Waals surface area contributed by atoms with Crippen LogP contribution in [0, 0.1) is 5.92 Å². The summed E-state index contributed by atoms with van der Waals surface area (Å²) in [5.74, 6) is 1.05. The summed E-state index contributed by atoms with van der Waals surface area (Å²) in [6.07, 6.45) is 9.57. The summed E-state index contributed by atoms with van der Waals surface area (Å²) in [6, 6.07) is 0. The van der Waals surface area contributed by atoms with E-state index >= 15 is 0 Å². The second kappa shape index (κ2) is 5.31. The van der Waals surface area contributed by atoms with E-state index in [1.807, 2.05) is 12.5 Å². The van der Waals surface area contributed by atoms with Crippen molar-refractivity contribution in [3.8, 4) is 0 Å². The van der Waals surface area contributed by atoms with Crippen LogP contribution in [0.4, 0.5) is 0 Å². The molecule has 0 bridgehead atoms. The highest BCUT2D eigenvalue weighted by Crippen LogP contribution is 2.33. The molecule has 1 aromatic rings. The van der Waals surface area contributed by atoms with Crippen LogP contribution in [0.3, 0.4) is 0 Å². The summed E-state index contributed by atoms with van der Waals surface area (Å²) in [6.45, 7) is 5.23. The minimum Gasteiger partial charge on any atom is -0.333 e. The van der Waals surface area contributed by atoms with Crippen LogP contribution in [-0.4, -0.2) is 16.1 Å². The summed E-state index contributed by atoms with van der Waals surface area (Å²) in [7, 11) is 0. The van der Waals surface area contributed by atoms with Gasteiger partial charge in [-0.2, -0.15) is 0 Å². The molecule has 1 aliphatic carbocycles. The Morgan fingerprint density at radius 2 is 2.40 bits per heavy atom. The number of rotatable bonds is 7. The van der Waals surface area contributed by atoms with Crippen molar-refractivity contribution in [2.75, 3.05) is 6.54 Å². The normalized spacial score (nSPS) is 15.8. The summed E-state index contributed by atoms with van der Waals surface area (Å²) >= 11 is 0. The van der Waals surface area contributed by atoms with E-state index in [0.29, 0.717) is 0 Å². The van der Waals surface area contributed by atoms with Gasteiger partial charge in [0.25, 0.3) is 0 Å². The van der Waals surface area contributed by atoms with E-state index in [-0.39, 0.29) is 0 Å². The van der Waals surface area contributed by atoms with Gasteiger partial charge < -0.3 is 9.88 Å². The van der Waals surface area contributed by atoms with Crippen molar-refractivity contribution in [1.29, 1.82) is 0 Å². The van der Waals surface area contributed by atoms with Crippen molar-refractivity contribution in [3.63, 3.8) is 0 Å². The Balaban J connectivity index is 1.75. The molecular formula is C12H21N3. The van der Waals surface area contributed by atoms with Gasteiger partial charge in [-0.15, -0.1) is 0 Å². The van der Waals surface area contributed by atoms with E-state index in [2.05, 4.69) is 21.8 Å². The smallest absolute Gasteiger partial charge is 0.0948 e. The number of aromatic nitrogens is 2. The fourth-order valence-electron chi connectivity index (χ4n) is 1.91. The average Bonchev–Trinajstić information content (AvgIpc) is 2.95. The number of hydrogen-bond donors (Lipinski definition) is 1. The van der Waals surface area contributed by atoms with E-state index in [1.54, 1.807) is 0 Å². The quantitative estimate of drug-likeness (QED) is 0.742. The fraction of sp³-hybridized carbons (Fsp3) is 0.750. The summed E-state index contributed by atoms with van der Waals surface area (Å²) in [5.41, 5.74) is 1.31. The molecule has 0 spiro atoms. The number of hydrogen-bond acceptors (Lipinski definition) is 2. The van der Waals surface area contributed by atoms with Gasteiger partial charge >= 0.3 is 0 Å². The largest absolute Gasteiger partial charge is 0.333 e. The Labute approximate surface area is 91.9 Å². The maximum Gasteiger partial charge on any atom is 0.0948 e. The Hall–Kier alpha value is -0.830. The standard InChI is InChI=1S/C12H21N3/c1-2-13-8-12-9-14-10-15(12)7-3-4-11-5-6-11/h9-11,13H,2-8H2,1H3. The van der Waals surface area contributed by atoms with Crippen LogP contribution < -0.4 is 5.32 Å². The fourth-order valence-corrected chi connectivity index (χ4v) is 1.91. The average molecular weight is 207 g/mol. The first-order valence-electron chi connectivity index (χ1n) is 6.10. The van der Waals surface area contributed by atoms with Crippen LogP contribution in [0.15, 0.2) is 12.5 Å². The lowest BCUT2D eigenvalue weighted by molar-refractivity contribution is 0.552. The molecule has 1 saturated carbocycles. The zero-order valence-electron chi connectivity index (χ0n) is 9.58. The van der Waals surface area contributed by atoms with Gasteiger partial charge in [-0.25, -0.2) is 4.98 Å². The molecule has 1 aliphatic rings. The highest BCUT2D eigenvalue weighted by Gasteiger charge is 2.20. The van der Waals surface area contributed by atoms with Crippen molar-refractivity contribution in [2.24, 2.45) is 5.92 Å². The van der Waals surface area contributed by atoms with Crippen molar-refractivity contribution in [3.05, 3.63) is 18.2 Å². The Bertz CT molecular complexity index is 289. The number of aryl methyl sites for hydroxylation is 1. The molecule has 1 aromatic heterocycles. The minimum absolute atomic E-state index is 0.944. The third-order valence-electron chi connectivity index (χ3n) is 3.06. The predicted octanol–water partition coefficient (Wildman–Crippen LogP) is 2.18. The molecule has 0 unspecified atom stereocenters. The SMILES string of the molecule is CCNCc1cncn1CCCC1CC1. The van der Waals surface area contributed by atoms with Gasteiger partial charge in [0.05, 0.1) is 12.0 Å². The Kier molecular flexibility index (Phi) is 3.78. The van der Waals surface area contributed by atoms with Gasteiger partial charge in [-0.05, 0) is 25.3 Å². The molecule has 1 fully saturated rings. The van der Waals surface area contributed by atoms with E-state index in [4.69, 9.17) is 0 Å². The van der Waals surface area contributed by atoms with Crippen LogP contribution >= 0.6 is 0 Å². The molecular weight excluding hydrogens is 186 g/mol. The lowest BCUT2D eigenvalue weighted by Crippen LogP contribution is -2.15. The molecule has 2 rings (SSSR count). The van der Waals surface area contributed by atoms with Crippen molar-refractivity contribution >= 4 is 0 Å². The zero-order chi connectivity index (χ0) is 10.5. The van der Waals surface area contributed by atoms with Gasteiger partial charge in [0.15, 0.2) is 0 Å². The highest BCUT2D eigenvalue weighted by molar-refractivity contribution is 4.97. The Morgan fingerprint density at radius 1 is 1.53 bits per heavy atom. The van der Waals surface area contributed by atoms with E-state index < -0.39 is 0 Å².